The van der Waals surface area contributed by atoms with Crippen molar-refractivity contribution in [2.75, 3.05) is 4.72 Å². The molecule has 2 aromatic rings. The summed E-state index contributed by atoms with van der Waals surface area (Å²) in [4.78, 5) is 12.2. The van der Waals surface area contributed by atoms with Crippen molar-refractivity contribution in [2.24, 2.45) is 0 Å². The van der Waals surface area contributed by atoms with Crippen LogP contribution in [0.4, 0.5) is 5.69 Å². The highest BCUT2D eigenvalue weighted by Crippen LogP contribution is 2.19. The SMILES string of the molecule is CC(C)(C)NC(=O)c1ccc(NS(=O)(=O)c2ccc(Cl)cc2)cc1. The first-order valence-corrected chi connectivity index (χ1v) is 9.14. The van der Waals surface area contributed by atoms with E-state index >= 15 is 0 Å². The van der Waals surface area contributed by atoms with Gasteiger partial charge in [-0.05, 0) is 69.3 Å². The number of hydrogen-bond donors (Lipinski definition) is 2. The summed E-state index contributed by atoms with van der Waals surface area (Å²) in [6.45, 7) is 5.67. The highest BCUT2D eigenvalue weighted by molar-refractivity contribution is 7.92. The van der Waals surface area contributed by atoms with Crippen molar-refractivity contribution in [3.8, 4) is 0 Å². The van der Waals surface area contributed by atoms with Gasteiger partial charge in [-0.1, -0.05) is 11.6 Å². The summed E-state index contributed by atoms with van der Waals surface area (Å²) in [5.41, 5.74) is 0.489. The number of benzene rings is 2. The van der Waals surface area contributed by atoms with Gasteiger partial charge < -0.3 is 5.32 Å². The molecule has 0 atom stereocenters. The Kier molecular flexibility index (Phi) is 5.20. The van der Waals surface area contributed by atoms with E-state index in [4.69, 9.17) is 11.6 Å². The van der Waals surface area contributed by atoms with Crippen molar-refractivity contribution in [3.05, 3.63) is 59.1 Å². The molecule has 0 unspecified atom stereocenters. The van der Waals surface area contributed by atoms with Gasteiger partial charge in [-0.2, -0.15) is 0 Å². The first-order chi connectivity index (χ1) is 11.1. The van der Waals surface area contributed by atoms with Crippen molar-refractivity contribution in [1.82, 2.24) is 5.32 Å². The fourth-order valence-corrected chi connectivity index (χ4v) is 3.11. The molecule has 0 saturated heterocycles. The van der Waals surface area contributed by atoms with Crippen LogP contribution in [0.2, 0.25) is 5.02 Å². The molecule has 0 fully saturated rings. The van der Waals surface area contributed by atoms with Crippen molar-refractivity contribution in [3.63, 3.8) is 0 Å². The third-order valence-corrected chi connectivity index (χ3v) is 4.66. The van der Waals surface area contributed by atoms with Crippen LogP contribution in [0, 0.1) is 0 Å². The van der Waals surface area contributed by atoms with Crippen molar-refractivity contribution < 1.29 is 13.2 Å². The van der Waals surface area contributed by atoms with Crippen LogP contribution in [0.1, 0.15) is 31.1 Å². The number of rotatable bonds is 4. The lowest BCUT2D eigenvalue weighted by Crippen LogP contribution is -2.40. The van der Waals surface area contributed by atoms with Crippen LogP contribution >= 0.6 is 11.6 Å². The van der Waals surface area contributed by atoms with E-state index in [1.54, 1.807) is 24.3 Å². The molecule has 0 spiro atoms. The van der Waals surface area contributed by atoms with E-state index < -0.39 is 10.0 Å². The number of carbonyl (C=O) groups is 1. The average Bonchev–Trinajstić information content (AvgIpc) is 2.46. The topological polar surface area (TPSA) is 75.3 Å². The second-order valence-corrected chi connectivity index (χ2v) is 8.46. The van der Waals surface area contributed by atoms with Gasteiger partial charge in [0.1, 0.15) is 0 Å². The molecule has 0 aliphatic carbocycles. The third kappa shape index (κ3) is 4.97. The number of anilines is 1. The zero-order valence-corrected chi connectivity index (χ0v) is 15.2. The lowest BCUT2D eigenvalue weighted by Gasteiger charge is -2.20. The molecule has 2 rings (SSSR count). The summed E-state index contributed by atoms with van der Waals surface area (Å²) in [6.07, 6.45) is 0. The van der Waals surface area contributed by atoms with E-state index in [9.17, 15) is 13.2 Å². The van der Waals surface area contributed by atoms with Crippen LogP contribution in [-0.4, -0.2) is 19.9 Å². The summed E-state index contributed by atoms with van der Waals surface area (Å²) in [5, 5.41) is 3.31. The second-order valence-electron chi connectivity index (χ2n) is 6.34. The maximum absolute atomic E-state index is 12.3. The number of halogens is 1. The molecule has 24 heavy (non-hydrogen) atoms. The molecule has 0 radical (unpaired) electrons. The highest BCUT2D eigenvalue weighted by Gasteiger charge is 2.16. The Hall–Kier alpha value is -2.05. The first kappa shape index (κ1) is 18.3. The zero-order valence-electron chi connectivity index (χ0n) is 13.6. The van der Waals surface area contributed by atoms with Crippen molar-refractivity contribution >= 4 is 33.2 Å². The largest absolute Gasteiger partial charge is 0.347 e. The summed E-state index contributed by atoms with van der Waals surface area (Å²) in [7, 11) is -3.70. The standard InChI is InChI=1S/C17H19ClN2O3S/c1-17(2,3)19-16(21)12-4-8-14(9-5-12)20-24(22,23)15-10-6-13(18)7-11-15/h4-11,20H,1-3H3,(H,19,21). The second kappa shape index (κ2) is 6.83. The number of carbonyl (C=O) groups excluding carboxylic acids is 1. The molecule has 0 aliphatic rings. The van der Waals surface area contributed by atoms with Gasteiger partial charge in [0.25, 0.3) is 15.9 Å². The Morgan fingerprint density at radius 2 is 1.50 bits per heavy atom. The minimum atomic E-state index is -3.70. The van der Waals surface area contributed by atoms with Gasteiger partial charge in [-0.25, -0.2) is 8.42 Å². The van der Waals surface area contributed by atoms with Crippen molar-refractivity contribution in [1.29, 1.82) is 0 Å². The number of amides is 1. The highest BCUT2D eigenvalue weighted by atomic mass is 35.5. The molecule has 128 valence electrons. The molecular formula is C17H19ClN2O3S. The Morgan fingerprint density at radius 1 is 0.958 bits per heavy atom. The fourth-order valence-electron chi connectivity index (χ4n) is 1.93. The lowest BCUT2D eigenvalue weighted by atomic mass is 10.1. The minimum Gasteiger partial charge on any atom is -0.347 e. The smallest absolute Gasteiger partial charge is 0.261 e. The van der Waals surface area contributed by atoms with Gasteiger partial charge in [0.05, 0.1) is 4.90 Å². The van der Waals surface area contributed by atoms with Gasteiger partial charge in [0, 0.05) is 21.8 Å². The van der Waals surface area contributed by atoms with E-state index in [1.807, 2.05) is 20.8 Å². The lowest BCUT2D eigenvalue weighted by molar-refractivity contribution is 0.0919. The van der Waals surface area contributed by atoms with Crippen molar-refractivity contribution in [2.45, 2.75) is 31.2 Å². The van der Waals surface area contributed by atoms with Crippen LogP contribution in [0.5, 0.6) is 0 Å². The molecule has 2 N–H and O–H groups in total. The molecular weight excluding hydrogens is 348 g/mol. The first-order valence-electron chi connectivity index (χ1n) is 7.28. The van der Waals surface area contributed by atoms with Crippen LogP contribution in [-0.2, 0) is 10.0 Å². The van der Waals surface area contributed by atoms with E-state index in [1.165, 1.54) is 24.3 Å². The molecule has 7 heteroatoms. The predicted molar refractivity (Wildman–Crippen MR) is 95.9 cm³/mol. The van der Waals surface area contributed by atoms with Gasteiger partial charge in [0.2, 0.25) is 0 Å². The Balaban J connectivity index is 2.14. The number of hydrogen-bond acceptors (Lipinski definition) is 3. The third-order valence-electron chi connectivity index (χ3n) is 3.01. The van der Waals surface area contributed by atoms with E-state index in [2.05, 4.69) is 10.0 Å². The van der Waals surface area contributed by atoms with Crippen LogP contribution < -0.4 is 10.0 Å². The van der Waals surface area contributed by atoms with E-state index in [0.29, 0.717) is 16.3 Å². The van der Waals surface area contributed by atoms with Crippen LogP contribution in [0.25, 0.3) is 0 Å². The molecule has 1 amide bonds. The predicted octanol–water partition coefficient (Wildman–Crippen LogP) is 3.67. The Labute approximate surface area is 147 Å². The molecule has 0 heterocycles. The fraction of sp³-hybridized carbons (Fsp3) is 0.235. The maximum atomic E-state index is 12.3. The summed E-state index contributed by atoms with van der Waals surface area (Å²) in [5.74, 6) is -0.213. The maximum Gasteiger partial charge on any atom is 0.261 e. The van der Waals surface area contributed by atoms with E-state index in [0.717, 1.165) is 0 Å². The number of sulfonamides is 1. The van der Waals surface area contributed by atoms with Gasteiger partial charge >= 0.3 is 0 Å². The van der Waals surface area contributed by atoms with Crippen LogP contribution in [0.15, 0.2) is 53.4 Å². The van der Waals surface area contributed by atoms with Gasteiger partial charge in [0.15, 0.2) is 0 Å². The molecule has 0 bridgehead atoms. The summed E-state index contributed by atoms with van der Waals surface area (Å²) < 4.78 is 27.0. The molecule has 0 saturated carbocycles. The van der Waals surface area contributed by atoms with E-state index in [-0.39, 0.29) is 16.3 Å². The minimum absolute atomic E-state index is 0.112. The molecule has 0 aliphatic heterocycles. The average molecular weight is 367 g/mol. The molecule has 2 aromatic carbocycles. The number of nitrogens with one attached hydrogen (secondary N) is 2. The van der Waals surface area contributed by atoms with Gasteiger partial charge in [-0.3, -0.25) is 9.52 Å². The van der Waals surface area contributed by atoms with Gasteiger partial charge in [-0.15, -0.1) is 0 Å². The Bertz CT molecular complexity index is 824. The monoisotopic (exact) mass is 366 g/mol. The quantitative estimate of drug-likeness (QED) is 0.866. The Morgan fingerprint density at radius 3 is 2.00 bits per heavy atom. The summed E-state index contributed by atoms with van der Waals surface area (Å²) in [6, 6.07) is 12.1. The zero-order chi connectivity index (χ0) is 18.0. The summed E-state index contributed by atoms with van der Waals surface area (Å²) >= 11 is 5.76. The molecule has 0 aromatic heterocycles. The molecule has 5 nitrogen and oxygen atoms in total. The normalized spacial score (nSPS) is 11.8. The van der Waals surface area contributed by atoms with Crippen LogP contribution in [0.3, 0.4) is 0 Å².